The lowest BCUT2D eigenvalue weighted by molar-refractivity contribution is -0.142. The van der Waals surface area contributed by atoms with Crippen LogP contribution in [-0.4, -0.2) is 64.2 Å². The van der Waals surface area contributed by atoms with E-state index in [1.165, 1.54) is 4.90 Å². The Morgan fingerprint density at radius 2 is 1.51 bits per heavy atom. The number of carboxylic acids is 1. The van der Waals surface area contributed by atoms with Gasteiger partial charge < -0.3 is 20.5 Å². The topological polar surface area (TPSA) is 125 Å². The zero-order chi connectivity index (χ0) is 30.2. The molecule has 222 valence electrons. The predicted octanol–water partition coefficient (Wildman–Crippen LogP) is 4.12. The zero-order valence-electron chi connectivity index (χ0n) is 24.7. The second-order valence-electron chi connectivity index (χ2n) is 12.1. The van der Waals surface area contributed by atoms with Crippen molar-refractivity contribution in [1.82, 2.24) is 15.5 Å². The molecule has 0 unspecified atom stereocenters. The van der Waals surface area contributed by atoms with Crippen LogP contribution in [-0.2, 0) is 38.4 Å². The van der Waals surface area contributed by atoms with Crippen molar-refractivity contribution in [3.05, 3.63) is 71.3 Å². The van der Waals surface area contributed by atoms with E-state index in [4.69, 9.17) is 4.74 Å². The first-order valence-electron chi connectivity index (χ1n) is 14.2. The smallest absolute Gasteiger partial charge is 0.411 e. The highest BCUT2D eigenvalue weighted by Crippen LogP contribution is 2.26. The molecule has 2 atom stereocenters. The third-order valence-corrected chi connectivity index (χ3v) is 6.95. The molecule has 0 saturated heterocycles. The van der Waals surface area contributed by atoms with Crippen molar-refractivity contribution >= 4 is 23.9 Å². The average molecular weight is 566 g/mol. The molecule has 41 heavy (non-hydrogen) atoms. The molecule has 9 heteroatoms. The van der Waals surface area contributed by atoms with Crippen LogP contribution in [0.25, 0.3) is 0 Å². The molecule has 0 bridgehead atoms. The Morgan fingerprint density at radius 1 is 0.927 bits per heavy atom. The summed E-state index contributed by atoms with van der Waals surface area (Å²) in [5, 5.41) is 15.0. The number of nitrogens with one attached hydrogen (secondary N) is 2. The molecular weight excluding hydrogens is 522 g/mol. The summed E-state index contributed by atoms with van der Waals surface area (Å²) in [6.07, 6.45) is 1.60. The SMILES string of the molecule is CC(C)C[C@@H](NC(=O)[C@@H](CCc1ccccc1)NC(=O)CN(C(=O)OC(C)(C)C)C1Cc2ccccc2C1)C(=O)O. The van der Waals surface area contributed by atoms with E-state index < -0.39 is 41.6 Å². The summed E-state index contributed by atoms with van der Waals surface area (Å²) in [4.78, 5) is 53.2. The van der Waals surface area contributed by atoms with E-state index in [9.17, 15) is 24.3 Å². The first-order valence-corrected chi connectivity index (χ1v) is 14.2. The fourth-order valence-corrected chi connectivity index (χ4v) is 5.00. The first kappa shape index (κ1) is 31.6. The van der Waals surface area contributed by atoms with Crippen molar-refractivity contribution in [3.63, 3.8) is 0 Å². The highest BCUT2D eigenvalue weighted by Gasteiger charge is 2.35. The summed E-state index contributed by atoms with van der Waals surface area (Å²) in [5.74, 6) is -2.17. The van der Waals surface area contributed by atoms with Gasteiger partial charge in [-0.2, -0.15) is 0 Å². The Hall–Kier alpha value is -3.88. The van der Waals surface area contributed by atoms with Crippen molar-refractivity contribution < 1.29 is 29.0 Å². The van der Waals surface area contributed by atoms with E-state index in [2.05, 4.69) is 10.6 Å². The van der Waals surface area contributed by atoms with Crippen LogP contribution in [0.4, 0.5) is 4.79 Å². The van der Waals surface area contributed by atoms with E-state index in [0.29, 0.717) is 19.3 Å². The molecule has 0 heterocycles. The predicted molar refractivity (Wildman–Crippen MR) is 156 cm³/mol. The lowest BCUT2D eigenvalue weighted by Crippen LogP contribution is -2.55. The van der Waals surface area contributed by atoms with Gasteiger partial charge in [0.25, 0.3) is 0 Å². The van der Waals surface area contributed by atoms with Crippen LogP contribution >= 0.6 is 0 Å². The van der Waals surface area contributed by atoms with Crippen molar-refractivity contribution in [2.45, 2.75) is 90.4 Å². The van der Waals surface area contributed by atoms with Crippen LogP contribution in [0, 0.1) is 5.92 Å². The molecule has 0 aromatic heterocycles. The number of fused-ring (bicyclic) bond motifs is 1. The number of rotatable bonds is 12. The lowest BCUT2D eigenvalue weighted by Gasteiger charge is -2.31. The van der Waals surface area contributed by atoms with Crippen molar-refractivity contribution in [2.24, 2.45) is 5.92 Å². The number of carbonyl (C=O) groups excluding carboxylic acids is 3. The Balaban J connectivity index is 1.77. The molecule has 2 aromatic rings. The number of hydrogen-bond acceptors (Lipinski definition) is 5. The number of carboxylic acid groups (broad SMARTS) is 1. The molecule has 0 aliphatic heterocycles. The van der Waals surface area contributed by atoms with Gasteiger partial charge in [-0.05, 0) is 75.5 Å². The van der Waals surface area contributed by atoms with Gasteiger partial charge in [0.15, 0.2) is 0 Å². The van der Waals surface area contributed by atoms with Gasteiger partial charge >= 0.3 is 12.1 Å². The third kappa shape index (κ3) is 9.92. The van der Waals surface area contributed by atoms with Crippen molar-refractivity contribution in [1.29, 1.82) is 0 Å². The zero-order valence-corrected chi connectivity index (χ0v) is 24.7. The van der Waals surface area contributed by atoms with Crippen molar-refractivity contribution in [3.8, 4) is 0 Å². The summed E-state index contributed by atoms with van der Waals surface area (Å²) in [6, 6.07) is 15.1. The van der Waals surface area contributed by atoms with Gasteiger partial charge in [0.05, 0.1) is 0 Å². The fraction of sp³-hybridized carbons (Fsp3) is 0.500. The second kappa shape index (κ2) is 14.1. The fourth-order valence-electron chi connectivity index (χ4n) is 5.00. The number of hydrogen-bond donors (Lipinski definition) is 3. The lowest BCUT2D eigenvalue weighted by atomic mass is 10.0. The Bertz CT molecular complexity index is 1180. The molecule has 3 amide bonds. The van der Waals surface area contributed by atoms with E-state index in [0.717, 1.165) is 16.7 Å². The molecule has 3 rings (SSSR count). The summed E-state index contributed by atoms with van der Waals surface area (Å²) in [7, 11) is 0. The molecule has 9 nitrogen and oxygen atoms in total. The van der Waals surface area contributed by atoms with Crippen LogP contribution in [0.5, 0.6) is 0 Å². The first-order chi connectivity index (χ1) is 19.3. The quantitative estimate of drug-likeness (QED) is 0.356. The molecule has 0 saturated carbocycles. The van der Waals surface area contributed by atoms with Crippen LogP contribution < -0.4 is 10.6 Å². The van der Waals surface area contributed by atoms with Gasteiger partial charge in [-0.1, -0.05) is 68.4 Å². The normalized spacial score (nSPS) is 14.6. The minimum atomic E-state index is -1.13. The average Bonchev–Trinajstić information content (AvgIpc) is 3.32. The van der Waals surface area contributed by atoms with Crippen LogP contribution in [0.3, 0.4) is 0 Å². The van der Waals surface area contributed by atoms with Crippen molar-refractivity contribution in [2.75, 3.05) is 6.54 Å². The van der Waals surface area contributed by atoms with Crippen LogP contribution in [0.1, 0.15) is 64.2 Å². The Kier molecular flexibility index (Phi) is 10.9. The number of benzene rings is 2. The highest BCUT2D eigenvalue weighted by molar-refractivity contribution is 5.91. The number of ether oxygens (including phenoxy) is 1. The Labute approximate surface area is 242 Å². The molecule has 1 aliphatic carbocycles. The minimum absolute atomic E-state index is 0.0479. The Morgan fingerprint density at radius 3 is 2.05 bits per heavy atom. The molecular formula is C32H43N3O6. The van der Waals surface area contributed by atoms with Crippen LogP contribution in [0.2, 0.25) is 0 Å². The van der Waals surface area contributed by atoms with Gasteiger partial charge in [0, 0.05) is 6.04 Å². The van der Waals surface area contributed by atoms with Gasteiger partial charge in [0.1, 0.15) is 24.2 Å². The monoisotopic (exact) mass is 565 g/mol. The number of aryl methyl sites for hydroxylation is 1. The van der Waals surface area contributed by atoms with Crippen LogP contribution in [0.15, 0.2) is 54.6 Å². The molecule has 3 N–H and O–H groups in total. The summed E-state index contributed by atoms with van der Waals surface area (Å²) < 4.78 is 5.65. The molecule has 1 aliphatic rings. The minimum Gasteiger partial charge on any atom is -0.480 e. The van der Waals surface area contributed by atoms with E-state index in [-0.39, 0.29) is 31.3 Å². The van der Waals surface area contributed by atoms with E-state index in [1.54, 1.807) is 20.8 Å². The largest absolute Gasteiger partial charge is 0.480 e. The summed E-state index contributed by atoms with van der Waals surface area (Å²) in [6.45, 7) is 8.77. The number of carbonyl (C=O) groups is 4. The van der Waals surface area contributed by atoms with Gasteiger partial charge in [0.2, 0.25) is 11.8 Å². The van der Waals surface area contributed by atoms with Gasteiger partial charge in [-0.3, -0.25) is 14.5 Å². The molecule has 0 fully saturated rings. The maximum Gasteiger partial charge on any atom is 0.411 e. The maximum atomic E-state index is 13.4. The summed E-state index contributed by atoms with van der Waals surface area (Å²) >= 11 is 0. The highest BCUT2D eigenvalue weighted by atomic mass is 16.6. The maximum absolute atomic E-state index is 13.4. The third-order valence-electron chi connectivity index (χ3n) is 6.95. The number of amides is 3. The standard InChI is InChI=1S/C32H43N3O6/c1-21(2)17-27(30(38)39)34-29(37)26(16-15-22-11-7-6-8-12-22)33-28(36)20-35(31(40)41-32(3,4)5)25-18-23-13-9-10-14-24(23)19-25/h6-14,21,25-27H,15-20H2,1-5H3,(H,33,36)(H,34,37)(H,38,39)/t26-,27-/m1/s1. The summed E-state index contributed by atoms with van der Waals surface area (Å²) in [5.41, 5.74) is 2.47. The van der Waals surface area contributed by atoms with E-state index >= 15 is 0 Å². The molecule has 2 aromatic carbocycles. The van der Waals surface area contributed by atoms with Gasteiger partial charge in [-0.25, -0.2) is 9.59 Å². The molecule has 0 radical (unpaired) electrons. The number of nitrogens with zero attached hydrogens (tertiary/aromatic N) is 1. The molecule has 0 spiro atoms. The van der Waals surface area contributed by atoms with E-state index in [1.807, 2.05) is 68.4 Å². The second-order valence-corrected chi connectivity index (χ2v) is 12.1. The van der Waals surface area contributed by atoms with Gasteiger partial charge in [-0.15, -0.1) is 0 Å². The number of aliphatic carboxylic acids is 1.